The van der Waals surface area contributed by atoms with Gasteiger partial charge in [-0.15, -0.1) is 0 Å². The van der Waals surface area contributed by atoms with Gasteiger partial charge in [-0.25, -0.2) is 0 Å². The summed E-state index contributed by atoms with van der Waals surface area (Å²) in [5, 5.41) is 8.72. The zero-order valence-electron chi connectivity index (χ0n) is 14.2. The Balaban J connectivity index is 1.90. The minimum absolute atomic E-state index is 0.0559. The Morgan fingerprint density at radius 2 is 1.54 bits per heavy atom. The van der Waals surface area contributed by atoms with Gasteiger partial charge >= 0.3 is 0 Å². The average Bonchev–Trinajstić information content (AvgIpc) is 2.53. The maximum absolute atomic E-state index is 12.1. The molecule has 0 atom stereocenters. The van der Waals surface area contributed by atoms with Crippen LogP contribution >= 0.6 is 0 Å². The van der Waals surface area contributed by atoms with E-state index in [0.29, 0.717) is 11.4 Å². The quantitative estimate of drug-likeness (QED) is 0.759. The molecule has 0 aliphatic rings. The van der Waals surface area contributed by atoms with Gasteiger partial charge in [0, 0.05) is 23.0 Å². The molecule has 0 saturated heterocycles. The number of hydrogen-bond donors (Lipinski definition) is 3. The van der Waals surface area contributed by atoms with Gasteiger partial charge in [0.15, 0.2) is 0 Å². The van der Waals surface area contributed by atoms with Crippen LogP contribution < -0.4 is 16.0 Å². The lowest BCUT2D eigenvalue weighted by atomic mass is 10.2. The minimum atomic E-state index is -0.149. The van der Waals surface area contributed by atoms with Crippen molar-refractivity contribution in [3.05, 3.63) is 54.1 Å². The first-order valence-electron chi connectivity index (χ1n) is 7.95. The van der Waals surface area contributed by atoms with Gasteiger partial charge in [0.05, 0.1) is 6.54 Å². The summed E-state index contributed by atoms with van der Waals surface area (Å²) in [5.41, 5.74) is 3.35. The van der Waals surface area contributed by atoms with Gasteiger partial charge in [0.25, 0.3) is 0 Å². The highest BCUT2D eigenvalue weighted by molar-refractivity contribution is 5.96. The van der Waals surface area contributed by atoms with Crippen LogP contribution in [0.1, 0.15) is 19.4 Å². The van der Waals surface area contributed by atoms with Crippen molar-refractivity contribution in [2.45, 2.75) is 20.8 Å². The van der Waals surface area contributed by atoms with Gasteiger partial charge in [0.2, 0.25) is 11.8 Å². The molecule has 0 fully saturated rings. The molecule has 0 radical (unpaired) electrons. The van der Waals surface area contributed by atoms with Gasteiger partial charge in [-0.1, -0.05) is 32.0 Å². The summed E-state index contributed by atoms with van der Waals surface area (Å²) in [6.07, 6.45) is 0. The molecule has 0 aliphatic heterocycles. The van der Waals surface area contributed by atoms with Crippen molar-refractivity contribution in [2.24, 2.45) is 5.92 Å². The second kappa shape index (κ2) is 8.15. The van der Waals surface area contributed by atoms with Crippen molar-refractivity contribution in [3.63, 3.8) is 0 Å². The van der Waals surface area contributed by atoms with Crippen molar-refractivity contribution < 1.29 is 9.59 Å². The number of aryl methyl sites for hydroxylation is 1. The molecular weight excluding hydrogens is 302 g/mol. The number of rotatable bonds is 6. The fraction of sp³-hybridized carbons (Fsp3) is 0.263. The summed E-state index contributed by atoms with van der Waals surface area (Å²) in [6, 6.07) is 15.0. The largest absolute Gasteiger partial charge is 0.376 e. The summed E-state index contributed by atoms with van der Waals surface area (Å²) in [4.78, 5) is 23.8. The Bertz CT molecular complexity index is 726. The van der Waals surface area contributed by atoms with Crippen LogP contribution in [-0.4, -0.2) is 18.4 Å². The Morgan fingerprint density at radius 1 is 0.917 bits per heavy atom. The fourth-order valence-corrected chi connectivity index (χ4v) is 2.10. The van der Waals surface area contributed by atoms with Gasteiger partial charge in [0.1, 0.15) is 0 Å². The van der Waals surface area contributed by atoms with Crippen molar-refractivity contribution in [3.8, 4) is 0 Å². The van der Waals surface area contributed by atoms with Crippen molar-refractivity contribution >= 4 is 28.9 Å². The third-order valence-electron chi connectivity index (χ3n) is 3.41. The number of nitrogens with one attached hydrogen (secondary N) is 3. The molecule has 0 heterocycles. The Kier molecular flexibility index (Phi) is 5.95. The molecule has 5 heteroatoms. The summed E-state index contributed by atoms with van der Waals surface area (Å²) in [5.74, 6) is -0.301. The fourth-order valence-electron chi connectivity index (χ4n) is 2.10. The van der Waals surface area contributed by atoms with Gasteiger partial charge in [-0.3, -0.25) is 9.59 Å². The number of anilines is 3. The highest BCUT2D eigenvalue weighted by Crippen LogP contribution is 2.16. The van der Waals surface area contributed by atoms with Crippen LogP contribution in [0.2, 0.25) is 0 Å². The van der Waals surface area contributed by atoms with E-state index >= 15 is 0 Å². The number of hydrogen-bond acceptors (Lipinski definition) is 3. The van der Waals surface area contributed by atoms with Gasteiger partial charge in [-0.05, 0) is 42.8 Å². The molecule has 24 heavy (non-hydrogen) atoms. The first-order valence-corrected chi connectivity index (χ1v) is 7.95. The van der Waals surface area contributed by atoms with E-state index in [1.54, 1.807) is 24.3 Å². The van der Waals surface area contributed by atoms with Crippen LogP contribution in [-0.2, 0) is 9.59 Å². The second-order valence-corrected chi connectivity index (χ2v) is 6.00. The van der Waals surface area contributed by atoms with Crippen LogP contribution in [0.4, 0.5) is 17.1 Å². The molecule has 2 amide bonds. The summed E-state index contributed by atoms with van der Waals surface area (Å²) < 4.78 is 0. The molecule has 0 saturated carbocycles. The van der Waals surface area contributed by atoms with E-state index in [0.717, 1.165) is 11.3 Å². The minimum Gasteiger partial charge on any atom is -0.376 e. The molecule has 0 aliphatic carbocycles. The summed E-state index contributed by atoms with van der Waals surface area (Å²) >= 11 is 0. The molecular formula is C19H23N3O2. The molecule has 0 aromatic heterocycles. The van der Waals surface area contributed by atoms with Crippen molar-refractivity contribution in [1.29, 1.82) is 0 Å². The lowest BCUT2D eigenvalue weighted by Gasteiger charge is -2.11. The molecule has 0 bridgehead atoms. The molecule has 2 aromatic carbocycles. The molecule has 5 nitrogen and oxygen atoms in total. The number of carbonyl (C=O) groups excluding carboxylic acids is 2. The Hall–Kier alpha value is -2.82. The standard InChI is InChI=1S/C19H23N3O2/c1-13(2)19(24)22-17-9-5-8-16(11-17)21-18(23)12-20-15-7-4-6-14(3)10-15/h4-11,13,20H,12H2,1-3H3,(H,21,23)(H,22,24). The predicted molar refractivity (Wildman–Crippen MR) is 98.2 cm³/mol. The normalized spacial score (nSPS) is 10.3. The summed E-state index contributed by atoms with van der Waals surface area (Å²) in [7, 11) is 0. The lowest BCUT2D eigenvalue weighted by Crippen LogP contribution is -2.22. The zero-order chi connectivity index (χ0) is 17.5. The van der Waals surface area contributed by atoms with E-state index in [9.17, 15) is 9.59 Å². The van der Waals surface area contributed by atoms with Gasteiger partial charge in [-0.2, -0.15) is 0 Å². The number of benzene rings is 2. The number of amides is 2. The highest BCUT2D eigenvalue weighted by atomic mass is 16.2. The highest BCUT2D eigenvalue weighted by Gasteiger charge is 2.08. The van der Waals surface area contributed by atoms with Crippen LogP contribution in [0.15, 0.2) is 48.5 Å². The maximum Gasteiger partial charge on any atom is 0.243 e. The van der Waals surface area contributed by atoms with E-state index in [1.165, 1.54) is 0 Å². The monoisotopic (exact) mass is 325 g/mol. The first-order chi connectivity index (χ1) is 11.4. The average molecular weight is 325 g/mol. The lowest BCUT2D eigenvalue weighted by molar-refractivity contribution is -0.119. The molecule has 2 aromatic rings. The third-order valence-corrected chi connectivity index (χ3v) is 3.41. The Morgan fingerprint density at radius 3 is 2.21 bits per heavy atom. The van der Waals surface area contributed by atoms with E-state index in [2.05, 4.69) is 16.0 Å². The van der Waals surface area contributed by atoms with Crippen LogP contribution in [0.3, 0.4) is 0 Å². The molecule has 3 N–H and O–H groups in total. The topological polar surface area (TPSA) is 70.2 Å². The van der Waals surface area contributed by atoms with Crippen LogP contribution in [0, 0.1) is 12.8 Å². The third kappa shape index (κ3) is 5.43. The first kappa shape index (κ1) is 17.5. The number of carbonyl (C=O) groups is 2. The molecule has 0 unspecified atom stereocenters. The van der Waals surface area contributed by atoms with Crippen LogP contribution in [0.25, 0.3) is 0 Å². The zero-order valence-corrected chi connectivity index (χ0v) is 14.2. The van der Waals surface area contributed by atoms with E-state index < -0.39 is 0 Å². The smallest absolute Gasteiger partial charge is 0.243 e. The van der Waals surface area contributed by atoms with E-state index in [-0.39, 0.29) is 24.3 Å². The van der Waals surface area contributed by atoms with Crippen molar-refractivity contribution in [2.75, 3.05) is 22.5 Å². The summed E-state index contributed by atoms with van der Waals surface area (Å²) in [6.45, 7) is 5.84. The van der Waals surface area contributed by atoms with Gasteiger partial charge < -0.3 is 16.0 Å². The van der Waals surface area contributed by atoms with E-state index in [1.807, 2.05) is 45.0 Å². The second-order valence-electron chi connectivity index (χ2n) is 6.00. The van der Waals surface area contributed by atoms with Crippen LogP contribution in [0.5, 0.6) is 0 Å². The maximum atomic E-state index is 12.1. The van der Waals surface area contributed by atoms with Crippen molar-refractivity contribution in [1.82, 2.24) is 0 Å². The SMILES string of the molecule is Cc1cccc(NCC(=O)Nc2cccc(NC(=O)C(C)C)c2)c1. The molecule has 0 spiro atoms. The predicted octanol–water partition coefficient (Wildman–Crippen LogP) is 3.64. The molecule has 126 valence electrons. The molecule has 2 rings (SSSR count). The van der Waals surface area contributed by atoms with E-state index in [4.69, 9.17) is 0 Å². The Labute approximate surface area is 142 Å².